The van der Waals surface area contributed by atoms with Gasteiger partial charge in [0.15, 0.2) is 5.69 Å². The molecule has 17 heavy (non-hydrogen) atoms. The summed E-state index contributed by atoms with van der Waals surface area (Å²) in [6.07, 6.45) is -7.93. The van der Waals surface area contributed by atoms with Gasteiger partial charge in [0.05, 0.1) is 12.7 Å². The van der Waals surface area contributed by atoms with Gasteiger partial charge in [0.1, 0.15) is 5.69 Å². The predicted octanol–water partition coefficient (Wildman–Crippen LogP) is 2.82. The van der Waals surface area contributed by atoms with Crippen molar-refractivity contribution in [3.05, 3.63) is 29.1 Å². The molecule has 0 N–H and O–H groups in total. The molecule has 0 atom stereocenters. The number of nitrogens with zero attached hydrogens (tertiary/aromatic N) is 1. The smallest absolute Gasteiger partial charge is 0.418 e. The summed E-state index contributed by atoms with van der Waals surface area (Å²) in [6.45, 7) is 0. The highest BCUT2D eigenvalue weighted by molar-refractivity contribution is 5.89. The average molecular weight is 255 g/mol. The number of pyridine rings is 1. The molecular formula is C9H6F5NO2. The number of methoxy groups -OCH3 is 1. The van der Waals surface area contributed by atoms with Crippen LogP contribution in [0.3, 0.4) is 0 Å². The quantitative estimate of drug-likeness (QED) is 0.602. The van der Waals surface area contributed by atoms with Gasteiger partial charge in [0, 0.05) is 0 Å². The van der Waals surface area contributed by atoms with Gasteiger partial charge in [-0.25, -0.2) is 18.6 Å². The molecule has 94 valence electrons. The summed E-state index contributed by atoms with van der Waals surface area (Å²) in [5.74, 6) is -1.42. The van der Waals surface area contributed by atoms with Crippen molar-refractivity contribution < 1.29 is 31.5 Å². The molecule has 1 heterocycles. The van der Waals surface area contributed by atoms with E-state index in [0.29, 0.717) is 12.1 Å². The molecule has 0 aliphatic heterocycles. The van der Waals surface area contributed by atoms with E-state index in [0.717, 1.165) is 7.11 Å². The van der Waals surface area contributed by atoms with E-state index in [-0.39, 0.29) is 0 Å². The Morgan fingerprint density at radius 1 is 1.35 bits per heavy atom. The van der Waals surface area contributed by atoms with Crippen molar-refractivity contribution in [1.82, 2.24) is 4.98 Å². The van der Waals surface area contributed by atoms with Crippen LogP contribution in [0, 0.1) is 0 Å². The van der Waals surface area contributed by atoms with Crippen LogP contribution in [0.2, 0.25) is 0 Å². The first-order chi connectivity index (χ1) is 7.77. The van der Waals surface area contributed by atoms with Crippen LogP contribution in [-0.4, -0.2) is 18.1 Å². The number of carbonyl (C=O) groups excluding carboxylic acids is 1. The molecule has 0 aromatic carbocycles. The lowest BCUT2D eigenvalue weighted by atomic mass is 10.1. The highest BCUT2D eigenvalue weighted by Gasteiger charge is 2.37. The molecule has 0 saturated heterocycles. The molecule has 0 fully saturated rings. The molecule has 0 bridgehead atoms. The number of carbonyl (C=O) groups is 1. The molecule has 1 rings (SSSR count). The standard InChI is InChI=1S/C9H6F5NO2/c1-17-8(16)6-4(9(12,13)14)2-3-5(15-6)7(10)11/h2-3,7H,1H3. The van der Waals surface area contributed by atoms with Crippen LogP contribution in [0.1, 0.15) is 28.2 Å². The minimum absolute atomic E-state index is 0.376. The second-order valence-corrected chi connectivity index (χ2v) is 2.92. The Kier molecular flexibility index (Phi) is 3.64. The summed E-state index contributed by atoms with van der Waals surface area (Å²) in [5, 5.41) is 0. The van der Waals surface area contributed by atoms with E-state index >= 15 is 0 Å². The zero-order valence-corrected chi connectivity index (χ0v) is 8.39. The van der Waals surface area contributed by atoms with E-state index < -0.39 is 35.5 Å². The Labute approximate surface area is 92.2 Å². The minimum Gasteiger partial charge on any atom is -0.464 e. The molecule has 0 saturated carbocycles. The summed E-state index contributed by atoms with van der Waals surface area (Å²) in [5.41, 5.74) is -3.50. The summed E-state index contributed by atoms with van der Waals surface area (Å²) in [6, 6.07) is 0.890. The van der Waals surface area contributed by atoms with Crippen molar-refractivity contribution in [1.29, 1.82) is 0 Å². The molecule has 1 aromatic rings. The SMILES string of the molecule is COC(=O)c1nc(C(F)F)ccc1C(F)(F)F. The Balaban J connectivity index is 3.37. The highest BCUT2D eigenvalue weighted by atomic mass is 19.4. The number of hydrogen-bond donors (Lipinski definition) is 0. The third kappa shape index (κ3) is 2.89. The number of halogens is 5. The third-order valence-corrected chi connectivity index (χ3v) is 1.82. The maximum absolute atomic E-state index is 12.4. The van der Waals surface area contributed by atoms with Crippen molar-refractivity contribution in [2.45, 2.75) is 12.6 Å². The van der Waals surface area contributed by atoms with Crippen molar-refractivity contribution in [3.8, 4) is 0 Å². The Morgan fingerprint density at radius 2 is 1.94 bits per heavy atom. The lowest BCUT2D eigenvalue weighted by Crippen LogP contribution is -2.17. The van der Waals surface area contributed by atoms with Crippen molar-refractivity contribution in [2.24, 2.45) is 0 Å². The molecule has 1 aromatic heterocycles. The van der Waals surface area contributed by atoms with Gasteiger partial charge in [-0.2, -0.15) is 13.2 Å². The maximum Gasteiger partial charge on any atom is 0.418 e. The first-order valence-electron chi connectivity index (χ1n) is 4.22. The second-order valence-electron chi connectivity index (χ2n) is 2.92. The number of esters is 1. The van der Waals surface area contributed by atoms with E-state index in [1.807, 2.05) is 0 Å². The van der Waals surface area contributed by atoms with E-state index in [9.17, 15) is 26.7 Å². The average Bonchev–Trinajstić information content (AvgIpc) is 2.25. The van der Waals surface area contributed by atoms with E-state index in [2.05, 4.69) is 9.72 Å². The summed E-state index contributed by atoms with van der Waals surface area (Å²) >= 11 is 0. The highest BCUT2D eigenvalue weighted by Crippen LogP contribution is 2.32. The molecule has 0 unspecified atom stereocenters. The molecular weight excluding hydrogens is 249 g/mol. The summed E-state index contributed by atoms with van der Waals surface area (Å²) < 4.78 is 65.9. The fourth-order valence-electron chi connectivity index (χ4n) is 1.08. The Hall–Kier alpha value is -1.73. The largest absolute Gasteiger partial charge is 0.464 e. The van der Waals surface area contributed by atoms with Crippen LogP contribution in [0.4, 0.5) is 22.0 Å². The van der Waals surface area contributed by atoms with E-state index in [1.54, 1.807) is 0 Å². The fourth-order valence-corrected chi connectivity index (χ4v) is 1.08. The molecule has 0 aliphatic rings. The van der Waals surface area contributed by atoms with Crippen LogP contribution in [0.5, 0.6) is 0 Å². The number of hydrogen-bond acceptors (Lipinski definition) is 3. The van der Waals surface area contributed by atoms with Gasteiger partial charge in [-0.15, -0.1) is 0 Å². The van der Waals surface area contributed by atoms with Gasteiger partial charge in [-0.1, -0.05) is 0 Å². The van der Waals surface area contributed by atoms with Gasteiger partial charge >= 0.3 is 12.1 Å². The normalized spacial score (nSPS) is 11.7. The first kappa shape index (κ1) is 13.3. The third-order valence-electron chi connectivity index (χ3n) is 1.82. The number of alkyl halides is 5. The summed E-state index contributed by atoms with van der Waals surface area (Å²) in [4.78, 5) is 14.0. The minimum atomic E-state index is -4.86. The number of ether oxygens (including phenoxy) is 1. The molecule has 0 amide bonds. The maximum atomic E-state index is 12.4. The van der Waals surface area contributed by atoms with Gasteiger partial charge < -0.3 is 4.74 Å². The molecule has 3 nitrogen and oxygen atoms in total. The topological polar surface area (TPSA) is 39.2 Å². The predicted molar refractivity (Wildman–Crippen MR) is 45.5 cm³/mol. The zero-order chi connectivity index (χ0) is 13.2. The van der Waals surface area contributed by atoms with Crippen molar-refractivity contribution in [2.75, 3.05) is 7.11 Å². The van der Waals surface area contributed by atoms with Crippen LogP contribution in [-0.2, 0) is 10.9 Å². The zero-order valence-electron chi connectivity index (χ0n) is 8.39. The monoisotopic (exact) mass is 255 g/mol. The van der Waals surface area contributed by atoms with Crippen LogP contribution >= 0.6 is 0 Å². The van der Waals surface area contributed by atoms with Gasteiger partial charge in [0.25, 0.3) is 6.43 Å². The molecule has 8 heteroatoms. The molecule has 0 spiro atoms. The Morgan fingerprint density at radius 3 is 2.35 bits per heavy atom. The second kappa shape index (κ2) is 4.64. The lowest BCUT2D eigenvalue weighted by molar-refractivity contribution is -0.138. The van der Waals surface area contributed by atoms with Gasteiger partial charge in [-0.05, 0) is 12.1 Å². The lowest BCUT2D eigenvalue weighted by Gasteiger charge is -2.11. The van der Waals surface area contributed by atoms with Crippen LogP contribution in [0.15, 0.2) is 12.1 Å². The van der Waals surface area contributed by atoms with Gasteiger partial charge in [-0.3, -0.25) is 0 Å². The van der Waals surface area contributed by atoms with Gasteiger partial charge in [0.2, 0.25) is 0 Å². The van der Waals surface area contributed by atoms with Crippen molar-refractivity contribution >= 4 is 5.97 Å². The Bertz CT molecular complexity index is 430. The number of aromatic nitrogens is 1. The first-order valence-corrected chi connectivity index (χ1v) is 4.22. The number of rotatable bonds is 2. The summed E-state index contributed by atoms with van der Waals surface area (Å²) in [7, 11) is 0.833. The van der Waals surface area contributed by atoms with Crippen LogP contribution < -0.4 is 0 Å². The fraction of sp³-hybridized carbons (Fsp3) is 0.333. The molecule has 0 radical (unpaired) electrons. The van der Waals surface area contributed by atoms with E-state index in [4.69, 9.17) is 0 Å². The van der Waals surface area contributed by atoms with E-state index in [1.165, 1.54) is 0 Å². The molecule has 0 aliphatic carbocycles. The van der Waals surface area contributed by atoms with Crippen LogP contribution in [0.25, 0.3) is 0 Å². The van der Waals surface area contributed by atoms with Crippen molar-refractivity contribution in [3.63, 3.8) is 0 Å².